The summed E-state index contributed by atoms with van der Waals surface area (Å²) in [5.41, 5.74) is 7.80. The molecule has 0 spiro atoms. The average molecular weight is 355 g/mol. The molecule has 2 rings (SSSR count). The minimum absolute atomic E-state index is 0.209. The predicted molar refractivity (Wildman–Crippen MR) is 84.0 cm³/mol. The minimum atomic E-state index is -3.60. The van der Waals surface area contributed by atoms with E-state index in [0.29, 0.717) is 12.2 Å². The summed E-state index contributed by atoms with van der Waals surface area (Å²) in [5, 5.41) is 0. The summed E-state index contributed by atoms with van der Waals surface area (Å²) in [6, 6.07) is 11.9. The SMILES string of the molecule is Cc1cc(NS(=O)(=O)c2cccc(CN)c2)ccc1Br. The van der Waals surface area contributed by atoms with Crippen LogP contribution in [0.15, 0.2) is 51.8 Å². The zero-order valence-corrected chi connectivity index (χ0v) is 13.3. The second-order valence-corrected chi connectivity index (χ2v) is 6.96. The molecule has 0 heterocycles. The molecule has 0 atom stereocenters. The molecule has 4 nitrogen and oxygen atoms in total. The van der Waals surface area contributed by atoms with Gasteiger partial charge in [-0.15, -0.1) is 0 Å². The van der Waals surface area contributed by atoms with Crippen LogP contribution in [0.3, 0.4) is 0 Å². The van der Waals surface area contributed by atoms with Gasteiger partial charge in [0, 0.05) is 16.7 Å². The molecule has 0 aliphatic carbocycles. The molecule has 0 aromatic heterocycles. The normalized spacial score (nSPS) is 11.3. The van der Waals surface area contributed by atoms with Gasteiger partial charge >= 0.3 is 0 Å². The fraction of sp³-hybridized carbons (Fsp3) is 0.143. The number of nitrogens with two attached hydrogens (primary N) is 1. The highest BCUT2D eigenvalue weighted by Gasteiger charge is 2.14. The van der Waals surface area contributed by atoms with Crippen molar-refractivity contribution in [2.75, 3.05) is 4.72 Å². The Morgan fingerprint density at radius 1 is 1.20 bits per heavy atom. The highest BCUT2D eigenvalue weighted by molar-refractivity contribution is 9.10. The zero-order valence-electron chi connectivity index (χ0n) is 10.9. The molecule has 0 saturated heterocycles. The van der Waals surface area contributed by atoms with Crippen LogP contribution in [0.2, 0.25) is 0 Å². The van der Waals surface area contributed by atoms with Gasteiger partial charge in [0.15, 0.2) is 0 Å². The van der Waals surface area contributed by atoms with Crippen molar-refractivity contribution < 1.29 is 8.42 Å². The van der Waals surface area contributed by atoms with Crippen molar-refractivity contribution in [2.45, 2.75) is 18.4 Å². The Balaban J connectivity index is 2.32. The largest absolute Gasteiger partial charge is 0.326 e. The Labute approximate surface area is 127 Å². The van der Waals surface area contributed by atoms with Crippen molar-refractivity contribution in [2.24, 2.45) is 5.73 Å². The molecular weight excluding hydrogens is 340 g/mol. The molecular formula is C14H15BrN2O2S. The monoisotopic (exact) mass is 354 g/mol. The quantitative estimate of drug-likeness (QED) is 0.886. The van der Waals surface area contributed by atoms with Crippen molar-refractivity contribution in [3.8, 4) is 0 Å². The number of nitrogens with one attached hydrogen (secondary N) is 1. The standard InChI is InChI=1S/C14H15BrN2O2S/c1-10-7-12(5-6-14(10)15)17-20(18,19)13-4-2-3-11(8-13)9-16/h2-8,17H,9,16H2,1H3. The predicted octanol–water partition coefficient (Wildman–Crippen LogP) is 3.02. The van der Waals surface area contributed by atoms with Gasteiger partial charge in [0.2, 0.25) is 0 Å². The molecule has 106 valence electrons. The summed E-state index contributed by atoms with van der Waals surface area (Å²) >= 11 is 3.38. The Morgan fingerprint density at radius 3 is 2.60 bits per heavy atom. The van der Waals surface area contributed by atoms with Gasteiger partial charge in [0.25, 0.3) is 10.0 Å². The minimum Gasteiger partial charge on any atom is -0.326 e. The number of halogens is 1. The fourth-order valence-electron chi connectivity index (χ4n) is 1.76. The van der Waals surface area contributed by atoms with Crippen LogP contribution in [0.4, 0.5) is 5.69 Å². The lowest BCUT2D eigenvalue weighted by Gasteiger charge is -2.10. The summed E-state index contributed by atoms with van der Waals surface area (Å²) in [7, 11) is -3.60. The van der Waals surface area contributed by atoms with E-state index >= 15 is 0 Å². The van der Waals surface area contributed by atoms with Crippen molar-refractivity contribution in [3.05, 3.63) is 58.1 Å². The van der Waals surface area contributed by atoms with Gasteiger partial charge < -0.3 is 5.73 Å². The lowest BCUT2D eigenvalue weighted by Crippen LogP contribution is -2.13. The Morgan fingerprint density at radius 2 is 1.95 bits per heavy atom. The summed E-state index contributed by atoms with van der Waals surface area (Å²) in [6.07, 6.45) is 0. The van der Waals surface area contributed by atoms with Crippen molar-refractivity contribution in [1.29, 1.82) is 0 Å². The van der Waals surface area contributed by atoms with Crippen molar-refractivity contribution in [3.63, 3.8) is 0 Å². The van der Waals surface area contributed by atoms with Gasteiger partial charge in [-0.3, -0.25) is 4.72 Å². The van der Waals surface area contributed by atoms with E-state index in [1.54, 1.807) is 36.4 Å². The van der Waals surface area contributed by atoms with Gasteiger partial charge in [-0.2, -0.15) is 0 Å². The van der Waals surface area contributed by atoms with Crippen LogP contribution in [0.25, 0.3) is 0 Å². The van der Waals surface area contributed by atoms with Crippen LogP contribution in [0.5, 0.6) is 0 Å². The van der Waals surface area contributed by atoms with E-state index in [-0.39, 0.29) is 4.90 Å². The van der Waals surface area contributed by atoms with Gasteiger partial charge in [0.1, 0.15) is 0 Å². The summed E-state index contributed by atoms with van der Waals surface area (Å²) in [5.74, 6) is 0. The molecule has 2 aromatic rings. The summed E-state index contributed by atoms with van der Waals surface area (Å²) in [6.45, 7) is 2.21. The van der Waals surface area contributed by atoms with Crippen molar-refractivity contribution >= 4 is 31.6 Å². The van der Waals surface area contributed by atoms with Gasteiger partial charge in [-0.1, -0.05) is 28.1 Å². The average Bonchev–Trinajstić information content (AvgIpc) is 2.43. The van der Waals surface area contributed by atoms with Gasteiger partial charge in [0.05, 0.1) is 4.90 Å². The number of rotatable bonds is 4. The molecule has 0 fully saturated rings. The second-order valence-electron chi connectivity index (χ2n) is 4.42. The topological polar surface area (TPSA) is 72.2 Å². The maximum absolute atomic E-state index is 12.3. The molecule has 0 bridgehead atoms. The second kappa shape index (κ2) is 5.95. The molecule has 6 heteroatoms. The van der Waals surface area contributed by atoms with E-state index in [4.69, 9.17) is 5.73 Å². The third kappa shape index (κ3) is 3.39. The third-order valence-corrected chi connectivity index (χ3v) is 5.12. The fourth-order valence-corrected chi connectivity index (χ4v) is 3.13. The molecule has 0 unspecified atom stereocenters. The Kier molecular flexibility index (Phi) is 4.47. The first-order chi connectivity index (χ1) is 9.42. The van der Waals surface area contributed by atoms with Gasteiger partial charge in [-0.05, 0) is 48.4 Å². The molecule has 2 aromatic carbocycles. The highest BCUT2D eigenvalue weighted by Crippen LogP contribution is 2.22. The number of hydrogen-bond acceptors (Lipinski definition) is 3. The molecule has 3 N–H and O–H groups in total. The first kappa shape index (κ1) is 15.0. The van der Waals surface area contributed by atoms with Crippen LogP contribution in [0.1, 0.15) is 11.1 Å². The Hall–Kier alpha value is -1.37. The maximum Gasteiger partial charge on any atom is 0.261 e. The van der Waals surface area contributed by atoms with Crippen LogP contribution in [-0.2, 0) is 16.6 Å². The molecule has 20 heavy (non-hydrogen) atoms. The Bertz CT molecular complexity index is 730. The summed E-state index contributed by atoms with van der Waals surface area (Å²) in [4.78, 5) is 0.209. The van der Waals surface area contributed by atoms with Crippen LogP contribution in [-0.4, -0.2) is 8.42 Å². The third-order valence-electron chi connectivity index (χ3n) is 2.85. The van der Waals surface area contributed by atoms with Crippen LogP contribution in [0, 0.1) is 6.92 Å². The van der Waals surface area contributed by atoms with E-state index in [0.717, 1.165) is 15.6 Å². The lowest BCUT2D eigenvalue weighted by molar-refractivity contribution is 0.601. The molecule has 0 aliphatic rings. The smallest absolute Gasteiger partial charge is 0.261 e. The number of hydrogen-bond donors (Lipinski definition) is 2. The molecule has 0 amide bonds. The van der Waals surface area contributed by atoms with E-state index in [2.05, 4.69) is 20.7 Å². The number of benzene rings is 2. The van der Waals surface area contributed by atoms with E-state index in [1.165, 1.54) is 0 Å². The van der Waals surface area contributed by atoms with Crippen LogP contribution >= 0.6 is 15.9 Å². The highest BCUT2D eigenvalue weighted by atomic mass is 79.9. The van der Waals surface area contributed by atoms with Crippen LogP contribution < -0.4 is 10.5 Å². The first-order valence-electron chi connectivity index (χ1n) is 6.00. The number of anilines is 1. The zero-order chi connectivity index (χ0) is 14.8. The van der Waals surface area contributed by atoms with E-state index < -0.39 is 10.0 Å². The first-order valence-corrected chi connectivity index (χ1v) is 8.28. The van der Waals surface area contributed by atoms with Crippen molar-refractivity contribution in [1.82, 2.24) is 0 Å². The summed E-state index contributed by atoms with van der Waals surface area (Å²) < 4.78 is 28.1. The lowest BCUT2D eigenvalue weighted by atomic mass is 10.2. The molecule has 0 radical (unpaired) electrons. The van der Waals surface area contributed by atoms with E-state index in [9.17, 15) is 8.42 Å². The maximum atomic E-state index is 12.3. The van der Waals surface area contributed by atoms with Gasteiger partial charge in [-0.25, -0.2) is 8.42 Å². The number of sulfonamides is 1. The molecule has 0 saturated carbocycles. The molecule has 0 aliphatic heterocycles. The van der Waals surface area contributed by atoms with E-state index in [1.807, 2.05) is 13.0 Å². The number of aryl methyl sites for hydroxylation is 1.